The van der Waals surface area contributed by atoms with Gasteiger partial charge in [-0.15, -0.1) is 0 Å². The van der Waals surface area contributed by atoms with Crippen molar-refractivity contribution in [3.63, 3.8) is 0 Å². The van der Waals surface area contributed by atoms with Crippen LogP contribution in [0.4, 0.5) is 0 Å². The number of aryl methyl sites for hydroxylation is 2. The molecule has 0 saturated heterocycles. The Morgan fingerprint density at radius 1 is 0.963 bits per heavy atom. The summed E-state index contributed by atoms with van der Waals surface area (Å²) in [5, 5.41) is 9.99. The van der Waals surface area contributed by atoms with Gasteiger partial charge in [0.05, 0.1) is 6.61 Å². The number of rotatable bonds is 5. The zero-order valence-corrected chi connectivity index (χ0v) is 17.3. The third-order valence-corrected chi connectivity index (χ3v) is 5.78. The molecule has 0 unspecified atom stereocenters. The predicted molar refractivity (Wildman–Crippen MR) is 112 cm³/mol. The highest BCUT2D eigenvalue weighted by molar-refractivity contribution is 5.53. The van der Waals surface area contributed by atoms with Crippen molar-refractivity contribution in [2.24, 2.45) is 5.41 Å². The lowest BCUT2D eigenvalue weighted by molar-refractivity contribution is -0.549. The van der Waals surface area contributed by atoms with Crippen LogP contribution >= 0.6 is 0 Å². The fourth-order valence-corrected chi connectivity index (χ4v) is 4.16. The molecule has 0 spiro atoms. The summed E-state index contributed by atoms with van der Waals surface area (Å²) in [6, 6.07) is 17.7. The van der Waals surface area contributed by atoms with E-state index in [1.807, 2.05) is 0 Å². The highest BCUT2D eigenvalue weighted by atomic mass is 16.3. The molecule has 0 saturated carbocycles. The van der Waals surface area contributed by atoms with E-state index in [9.17, 15) is 5.11 Å². The monoisotopic (exact) mass is 365 g/mol. The Bertz CT molecular complexity index is 774. The van der Waals surface area contributed by atoms with E-state index in [2.05, 4.69) is 99.0 Å². The van der Waals surface area contributed by atoms with Crippen LogP contribution < -0.4 is 0 Å². The minimum atomic E-state index is 0.0298. The molecule has 1 heterocycles. The maximum atomic E-state index is 9.99. The number of benzene rings is 2. The maximum absolute atomic E-state index is 9.99. The summed E-state index contributed by atoms with van der Waals surface area (Å²) in [6.45, 7) is 13.1. The number of aliphatic hydroxyl groups excluding tert-OH is 1. The van der Waals surface area contributed by atoms with E-state index < -0.39 is 0 Å². The molecular formula is C24H33N2O+. The molecule has 144 valence electrons. The summed E-state index contributed by atoms with van der Waals surface area (Å²) in [5.41, 5.74) is 5.35. The van der Waals surface area contributed by atoms with Crippen molar-refractivity contribution in [3.05, 3.63) is 70.8 Å². The summed E-state index contributed by atoms with van der Waals surface area (Å²) < 4.78 is 2.44. The van der Waals surface area contributed by atoms with Gasteiger partial charge in [-0.05, 0) is 25.0 Å². The van der Waals surface area contributed by atoms with Gasteiger partial charge in [0, 0.05) is 16.5 Å². The Balaban J connectivity index is 2.06. The van der Waals surface area contributed by atoms with Gasteiger partial charge >= 0.3 is 0 Å². The normalized spacial score (nSPS) is 16.0. The third kappa shape index (κ3) is 4.08. The molecule has 0 aliphatic carbocycles. The van der Waals surface area contributed by atoms with Crippen LogP contribution in [0.15, 0.2) is 48.5 Å². The molecule has 3 rings (SSSR count). The third-order valence-electron chi connectivity index (χ3n) is 5.78. The van der Waals surface area contributed by atoms with Crippen molar-refractivity contribution in [2.45, 2.75) is 46.7 Å². The lowest BCUT2D eigenvalue weighted by Crippen LogP contribution is -2.45. The molecule has 0 amide bonds. The van der Waals surface area contributed by atoms with Gasteiger partial charge in [0.25, 0.3) is 0 Å². The van der Waals surface area contributed by atoms with Crippen LogP contribution in [0.2, 0.25) is 0 Å². The minimum Gasteiger partial charge on any atom is -0.392 e. The fraction of sp³-hybridized carbons (Fsp3) is 0.458. The van der Waals surface area contributed by atoms with Gasteiger partial charge in [-0.2, -0.15) is 0 Å². The summed E-state index contributed by atoms with van der Waals surface area (Å²) in [5.74, 6) is 0. The van der Waals surface area contributed by atoms with Crippen molar-refractivity contribution in [3.8, 4) is 0 Å². The maximum Gasteiger partial charge on any atom is 0.235 e. The zero-order valence-electron chi connectivity index (χ0n) is 17.3. The summed E-state index contributed by atoms with van der Waals surface area (Å²) >= 11 is 0. The second kappa shape index (κ2) is 7.85. The predicted octanol–water partition coefficient (Wildman–Crippen LogP) is 4.16. The molecule has 2 aromatic carbocycles. The van der Waals surface area contributed by atoms with E-state index in [1.165, 1.54) is 22.3 Å². The lowest BCUT2D eigenvalue weighted by atomic mass is 9.86. The fourth-order valence-electron chi connectivity index (χ4n) is 4.16. The first-order valence-corrected chi connectivity index (χ1v) is 9.91. The Morgan fingerprint density at radius 2 is 1.48 bits per heavy atom. The molecule has 2 aromatic rings. The molecule has 1 aliphatic rings. The summed E-state index contributed by atoms with van der Waals surface area (Å²) in [6.07, 6.45) is 2.25. The molecule has 0 aromatic heterocycles. The van der Waals surface area contributed by atoms with Crippen LogP contribution in [0, 0.1) is 19.3 Å². The Kier molecular flexibility index (Phi) is 5.71. The smallest absolute Gasteiger partial charge is 0.235 e. The molecule has 27 heavy (non-hydrogen) atoms. The topological polar surface area (TPSA) is 26.5 Å². The van der Waals surface area contributed by atoms with E-state index >= 15 is 0 Å². The standard InChI is InChI=1S/C24H33N2O/c1-18-10-6-8-12-20(18)23(21-13-9-7-11-19(21)2)26-15-14-25(17-26)22(16-27)24(3,4)5/h6-13,17,22-23,27H,14-16H2,1-5H3/q+1/t22-/m0/s1. The quantitative estimate of drug-likeness (QED) is 0.806. The Morgan fingerprint density at radius 3 is 1.93 bits per heavy atom. The number of nitrogens with zero attached hydrogens (tertiary/aromatic N) is 2. The molecule has 0 radical (unpaired) electrons. The first-order valence-electron chi connectivity index (χ1n) is 9.91. The summed E-state index contributed by atoms with van der Waals surface area (Å²) in [4.78, 5) is 2.32. The lowest BCUT2D eigenvalue weighted by Gasteiger charge is -2.31. The number of aliphatic hydroxyl groups is 1. The molecule has 0 fully saturated rings. The second-order valence-electron chi connectivity index (χ2n) is 8.77. The van der Waals surface area contributed by atoms with Crippen molar-refractivity contribution >= 4 is 6.34 Å². The molecular weight excluding hydrogens is 332 g/mol. The van der Waals surface area contributed by atoms with Gasteiger partial charge in [-0.25, -0.2) is 0 Å². The van der Waals surface area contributed by atoms with E-state index in [1.54, 1.807) is 0 Å². The van der Waals surface area contributed by atoms with Crippen molar-refractivity contribution in [2.75, 3.05) is 19.7 Å². The molecule has 1 N–H and O–H groups in total. The first kappa shape index (κ1) is 19.6. The molecule has 0 bridgehead atoms. The van der Waals surface area contributed by atoms with E-state index in [0.29, 0.717) is 0 Å². The minimum absolute atomic E-state index is 0.0298. The van der Waals surface area contributed by atoms with Gasteiger partial charge in [-0.3, -0.25) is 9.48 Å². The van der Waals surface area contributed by atoms with Crippen molar-refractivity contribution in [1.82, 2.24) is 4.90 Å². The number of hydrogen-bond acceptors (Lipinski definition) is 2. The average molecular weight is 366 g/mol. The van der Waals surface area contributed by atoms with E-state index in [-0.39, 0.29) is 24.1 Å². The van der Waals surface area contributed by atoms with Crippen LogP contribution in [-0.4, -0.2) is 46.7 Å². The second-order valence-corrected chi connectivity index (χ2v) is 8.77. The van der Waals surface area contributed by atoms with Gasteiger partial charge < -0.3 is 5.11 Å². The van der Waals surface area contributed by atoms with Gasteiger partial charge in [0.1, 0.15) is 25.2 Å². The van der Waals surface area contributed by atoms with Crippen LogP contribution in [0.5, 0.6) is 0 Å². The van der Waals surface area contributed by atoms with E-state index in [0.717, 1.165) is 13.1 Å². The van der Waals surface area contributed by atoms with E-state index in [4.69, 9.17) is 0 Å². The zero-order chi connectivity index (χ0) is 19.6. The molecule has 3 nitrogen and oxygen atoms in total. The largest absolute Gasteiger partial charge is 0.392 e. The van der Waals surface area contributed by atoms with Crippen LogP contribution in [0.1, 0.15) is 49.1 Å². The van der Waals surface area contributed by atoms with Crippen molar-refractivity contribution < 1.29 is 9.68 Å². The van der Waals surface area contributed by atoms with Gasteiger partial charge in [0.15, 0.2) is 0 Å². The molecule has 1 atom stereocenters. The average Bonchev–Trinajstić information content (AvgIpc) is 3.07. The SMILES string of the molecule is Cc1ccccc1C(c1ccccc1C)[N+]1=CN([C@@H](CO)C(C)(C)C)CC1. The van der Waals surface area contributed by atoms with Crippen molar-refractivity contribution in [1.29, 1.82) is 0 Å². The van der Waals surface area contributed by atoms with Crippen LogP contribution in [-0.2, 0) is 0 Å². The highest BCUT2D eigenvalue weighted by Gasteiger charge is 2.38. The molecule has 3 heteroatoms. The number of hydrogen-bond donors (Lipinski definition) is 1. The highest BCUT2D eigenvalue weighted by Crippen LogP contribution is 2.32. The first-order chi connectivity index (χ1) is 12.8. The van der Waals surface area contributed by atoms with Crippen LogP contribution in [0.25, 0.3) is 0 Å². The Labute approximate surface area is 164 Å². The Hall–Kier alpha value is -2.13. The van der Waals surface area contributed by atoms with Gasteiger partial charge in [0.2, 0.25) is 6.34 Å². The van der Waals surface area contributed by atoms with Gasteiger partial charge in [-0.1, -0.05) is 69.3 Å². The summed E-state index contributed by atoms with van der Waals surface area (Å²) in [7, 11) is 0. The molecule has 1 aliphatic heterocycles. The van der Waals surface area contributed by atoms with Crippen LogP contribution in [0.3, 0.4) is 0 Å².